The van der Waals surface area contributed by atoms with Crippen molar-refractivity contribution >= 4 is 6.29 Å². The molecule has 0 bridgehead atoms. The molecule has 0 radical (unpaired) electrons. The van der Waals surface area contributed by atoms with E-state index in [1.54, 1.807) is 0 Å². The molecule has 0 aliphatic rings. The molecule has 0 rings (SSSR count). The van der Waals surface area contributed by atoms with E-state index in [9.17, 15) is 4.79 Å². The molecule has 0 fully saturated rings. The molecule has 54 valence electrons. The van der Waals surface area contributed by atoms with Crippen LogP contribution in [0.2, 0.25) is 0 Å². The summed E-state index contributed by atoms with van der Waals surface area (Å²) in [5.41, 5.74) is 0. The van der Waals surface area contributed by atoms with Crippen LogP contribution in [0.4, 0.5) is 0 Å². The number of hydrogen-bond acceptors (Lipinski definition) is 1. The minimum Gasteiger partial charge on any atom is -0.303 e. The molecule has 0 spiro atoms. The van der Waals surface area contributed by atoms with Gasteiger partial charge in [0.05, 0.1) is 0 Å². The van der Waals surface area contributed by atoms with Crippen LogP contribution in [0.25, 0.3) is 0 Å². The Bertz CT molecular complexity index is 39.8. The summed E-state index contributed by atoms with van der Waals surface area (Å²) in [5, 5.41) is 0. The van der Waals surface area contributed by atoms with E-state index in [0.29, 0.717) is 6.42 Å². The number of unbranched alkanes of at least 4 members (excludes halogenated alkanes) is 1. The first kappa shape index (κ1) is 15.7. The van der Waals surface area contributed by atoms with Crippen LogP contribution in [-0.4, -0.2) is 6.29 Å². The van der Waals surface area contributed by atoms with Crippen molar-refractivity contribution in [3.05, 3.63) is 26.3 Å². The van der Waals surface area contributed by atoms with Crippen molar-refractivity contribution in [2.24, 2.45) is 0 Å². The minimum absolute atomic E-state index is 0.708. The molecule has 9 heavy (non-hydrogen) atoms. The average molecular weight is 128 g/mol. The number of carbonyl (C=O) groups excluding carboxylic acids is 1. The van der Waals surface area contributed by atoms with Crippen LogP contribution in [0.5, 0.6) is 0 Å². The monoisotopic (exact) mass is 128 g/mol. The summed E-state index contributed by atoms with van der Waals surface area (Å²) in [4.78, 5) is 9.40. The van der Waals surface area contributed by atoms with Crippen LogP contribution in [0, 0.1) is 0 Å². The Morgan fingerprint density at radius 1 is 1.22 bits per heavy atom. The third kappa shape index (κ3) is 143. The van der Waals surface area contributed by atoms with E-state index < -0.39 is 0 Å². The van der Waals surface area contributed by atoms with Gasteiger partial charge in [-0.05, 0) is 6.42 Å². The first-order valence-corrected chi connectivity index (χ1v) is 2.85. The summed E-state index contributed by atoms with van der Waals surface area (Å²) in [7, 11) is 0. The van der Waals surface area contributed by atoms with Crippen LogP contribution in [0.3, 0.4) is 0 Å². The largest absolute Gasteiger partial charge is 0.303 e. The molecule has 0 saturated heterocycles. The molecular weight excluding hydrogens is 112 g/mol. The topological polar surface area (TPSA) is 17.1 Å². The maximum atomic E-state index is 9.40. The van der Waals surface area contributed by atoms with E-state index in [1.807, 2.05) is 6.92 Å². The standard InChI is InChI=1S/C4H8O.2C2H4/c1-2-3-4-5;2*1-2/h4H,2-3H2,1H3;2*1-2H2. The lowest BCUT2D eigenvalue weighted by molar-refractivity contribution is -0.107. The van der Waals surface area contributed by atoms with Crippen LogP contribution in [0.15, 0.2) is 26.3 Å². The summed E-state index contributed by atoms with van der Waals surface area (Å²) in [5.74, 6) is 0. The second-order valence-electron chi connectivity index (χ2n) is 0.955. The fraction of sp³-hybridized carbons (Fsp3) is 0.375. The second kappa shape index (κ2) is 58.5. The van der Waals surface area contributed by atoms with Gasteiger partial charge in [-0.2, -0.15) is 0 Å². The fourth-order valence-electron chi connectivity index (χ4n) is 0.118. The zero-order chi connectivity index (χ0) is 8.12. The fourth-order valence-corrected chi connectivity index (χ4v) is 0.118. The summed E-state index contributed by atoms with van der Waals surface area (Å²) < 4.78 is 0. The average Bonchev–Trinajstić information content (AvgIpc) is 1.98. The highest BCUT2D eigenvalue weighted by molar-refractivity contribution is 5.48. The lowest BCUT2D eigenvalue weighted by Crippen LogP contribution is -1.64. The molecule has 0 aromatic heterocycles. The third-order valence-corrected chi connectivity index (χ3v) is 0.407. The number of carbonyl (C=O) groups is 1. The Hall–Kier alpha value is -0.850. The van der Waals surface area contributed by atoms with Gasteiger partial charge in [-0.3, -0.25) is 0 Å². The molecule has 1 nitrogen and oxygen atoms in total. The molecular formula is C8H16O. The SMILES string of the molecule is C=C.C=C.CCCC=O. The van der Waals surface area contributed by atoms with Gasteiger partial charge >= 0.3 is 0 Å². The Morgan fingerprint density at radius 2 is 1.56 bits per heavy atom. The van der Waals surface area contributed by atoms with Gasteiger partial charge in [-0.15, -0.1) is 26.3 Å². The van der Waals surface area contributed by atoms with E-state index in [2.05, 4.69) is 26.3 Å². The molecule has 1 heteroatoms. The lowest BCUT2D eigenvalue weighted by atomic mass is 10.4. The van der Waals surface area contributed by atoms with Crippen molar-refractivity contribution in [2.45, 2.75) is 19.8 Å². The normalized spacial score (nSPS) is 5.00. The van der Waals surface area contributed by atoms with Gasteiger partial charge in [-0.25, -0.2) is 0 Å². The van der Waals surface area contributed by atoms with Gasteiger partial charge in [-0.1, -0.05) is 6.92 Å². The van der Waals surface area contributed by atoms with Crippen molar-refractivity contribution in [1.82, 2.24) is 0 Å². The first-order valence-electron chi connectivity index (χ1n) is 2.85. The number of aldehydes is 1. The molecule has 0 aliphatic carbocycles. The first-order chi connectivity index (χ1) is 4.41. The van der Waals surface area contributed by atoms with Gasteiger partial charge < -0.3 is 4.79 Å². The summed E-state index contributed by atoms with van der Waals surface area (Å²) in [6, 6.07) is 0. The Morgan fingerprint density at radius 3 is 1.56 bits per heavy atom. The van der Waals surface area contributed by atoms with E-state index in [1.165, 1.54) is 0 Å². The van der Waals surface area contributed by atoms with Crippen molar-refractivity contribution < 1.29 is 4.79 Å². The Labute approximate surface area is 58.1 Å². The van der Waals surface area contributed by atoms with E-state index in [4.69, 9.17) is 0 Å². The highest BCUT2D eigenvalue weighted by atomic mass is 16.1. The molecule has 0 heterocycles. The Balaban J connectivity index is -0.0000000771. The van der Waals surface area contributed by atoms with E-state index >= 15 is 0 Å². The molecule has 0 amide bonds. The second-order valence-corrected chi connectivity index (χ2v) is 0.955. The smallest absolute Gasteiger partial charge is 0.119 e. The van der Waals surface area contributed by atoms with Crippen molar-refractivity contribution in [3.8, 4) is 0 Å². The minimum atomic E-state index is 0.708. The predicted molar refractivity (Wildman–Crippen MR) is 43.5 cm³/mol. The maximum Gasteiger partial charge on any atom is 0.119 e. The summed E-state index contributed by atoms with van der Waals surface area (Å²) >= 11 is 0. The summed E-state index contributed by atoms with van der Waals surface area (Å²) in [6.07, 6.45) is 2.61. The van der Waals surface area contributed by atoms with Crippen molar-refractivity contribution in [1.29, 1.82) is 0 Å². The molecule has 0 unspecified atom stereocenters. The van der Waals surface area contributed by atoms with Gasteiger partial charge in [0.1, 0.15) is 6.29 Å². The maximum absolute atomic E-state index is 9.40. The predicted octanol–water partition coefficient (Wildman–Crippen LogP) is 2.59. The molecule has 0 aromatic rings. The molecule has 0 atom stereocenters. The van der Waals surface area contributed by atoms with Crippen molar-refractivity contribution in [2.75, 3.05) is 0 Å². The quantitative estimate of drug-likeness (QED) is 0.412. The van der Waals surface area contributed by atoms with Crippen LogP contribution >= 0.6 is 0 Å². The highest BCUT2D eigenvalue weighted by Crippen LogP contribution is 1.74. The number of hydrogen-bond donors (Lipinski definition) is 0. The number of rotatable bonds is 2. The highest BCUT2D eigenvalue weighted by Gasteiger charge is 1.66. The lowest BCUT2D eigenvalue weighted by Gasteiger charge is -1.68. The van der Waals surface area contributed by atoms with Crippen LogP contribution in [-0.2, 0) is 4.79 Å². The zero-order valence-electron chi connectivity index (χ0n) is 6.23. The molecule has 0 aliphatic heterocycles. The van der Waals surface area contributed by atoms with E-state index in [0.717, 1.165) is 12.7 Å². The van der Waals surface area contributed by atoms with Gasteiger partial charge in [0, 0.05) is 6.42 Å². The zero-order valence-corrected chi connectivity index (χ0v) is 6.23. The Kier molecular flexibility index (Phi) is 102. The van der Waals surface area contributed by atoms with Gasteiger partial charge in [0.15, 0.2) is 0 Å². The van der Waals surface area contributed by atoms with E-state index in [-0.39, 0.29) is 0 Å². The van der Waals surface area contributed by atoms with Crippen molar-refractivity contribution in [3.63, 3.8) is 0 Å². The molecule has 0 saturated carbocycles. The van der Waals surface area contributed by atoms with Crippen LogP contribution in [0.1, 0.15) is 19.8 Å². The molecule has 0 aromatic carbocycles. The van der Waals surface area contributed by atoms with Gasteiger partial charge in [0.25, 0.3) is 0 Å². The third-order valence-electron chi connectivity index (χ3n) is 0.407. The molecule has 0 N–H and O–H groups in total. The van der Waals surface area contributed by atoms with Crippen LogP contribution < -0.4 is 0 Å². The summed E-state index contributed by atoms with van der Waals surface area (Å²) in [6.45, 7) is 14.0. The van der Waals surface area contributed by atoms with Gasteiger partial charge in [0.2, 0.25) is 0 Å².